The smallest absolute Gasteiger partial charge is 0.408 e. The maximum absolute atomic E-state index is 13.1. The number of hydrogen-bond donors (Lipinski definition) is 11. The topological polar surface area (TPSA) is 582 Å². The van der Waals surface area contributed by atoms with Crippen LogP contribution < -0.4 is 51.5 Å². The number of nitrogens with two attached hydrogens (primary N) is 1. The maximum atomic E-state index is 13.1. The number of carboxylic acid groups (broad SMARTS) is 1. The van der Waals surface area contributed by atoms with Crippen LogP contribution in [0.2, 0.25) is 0 Å². The number of aromatic carboxylic acids is 1. The van der Waals surface area contributed by atoms with Gasteiger partial charge in [-0.05, 0) is 180 Å². The van der Waals surface area contributed by atoms with Crippen molar-refractivity contribution in [2.24, 2.45) is 20.8 Å². The zero-order valence-electron chi connectivity index (χ0n) is 83.7. The van der Waals surface area contributed by atoms with E-state index in [2.05, 4.69) is 140 Å². The Bertz CT molecular complexity index is 6710. The van der Waals surface area contributed by atoms with E-state index in [4.69, 9.17) is 21.1 Å². The molecule has 12 N–H and O–H groups in total. The molecule has 9 aromatic heterocycles. The summed E-state index contributed by atoms with van der Waals surface area (Å²) in [6.07, 6.45) is 23.4. The van der Waals surface area contributed by atoms with Crippen LogP contribution in [0.1, 0.15) is 233 Å². The molecule has 23 rings (SSSR count). The first kappa shape index (κ1) is 106. The third-order valence-electron chi connectivity index (χ3n) is 28.3. The van der Waals surface area contributed by atoms with Crippen molar-refractivity contribution in [1.29, 1.82) is 5.53 Å². The molecule has 43 nitrogen and oxygen atoms in total. The number of carbonyl (C=O) groups is 10. The number of carbonyl (C=O) groups excluding carboxylic acids is 9. The molecule has 45 heteroatoms. The number of benzene rings is 4. The molecule has 5 atom stereocenters. The minimum absolute atomic E-state index is 0. The number of rotatable bonds is 17. The summed E-state index contributed by atoms with van der Waals surface area (Å²) >= 11 is 4.55. The van der Waals surface area contributed by atoms with E-state index in [1.54, 1.807) is 111 Å². The Labute approximate surface area is 873 Å². The van der Waals surface area contributed by atoms with Gasteiger partial charge >= 0.3 is 12.1 Å². The number of aromatic amines is 4. The molecule has 4 aromatic carbocycles. The van der Waals surface area contributed by atoms with E-state index in [0.29, 0.717) is 97.9 Å². The van der Waals surface area contributed by atoms with Crippen LogP contribution in [0.4, 0.5) is 33.9 Å². The normalized spacial score (nSPS) is 19.1. The molecule has 13 aromatic rings. The van der Waals surface area contributed by atoms with Gasteiger partial charge in [0.15, 0.2) is 0 Å². The number of nitrogens with one attached hydrogen (secondary N) is 9. The van der Waals surface area contributed by atoms with Crippen molar-refractivity contribution < 1.29 is 57.8 Å². The van der Waals surface area contributed by atoms with Crippen LogP contribution in [0, 0.1) is 5.53 Å². The minimum atomic E-state index is -1.12. The number of likely N-dealkylation sites (N-methyl/N-ethyl adjacent to an activating group) is 5. The molecule has 5 saturated carbocycles. The molecule has 5 spiro atoms. The summed E-state index contributed by atoms with van der Waals surface area (Å²) in [5.41, 5.74) is 20.8. The standard InChI is InChI=1S/3C22H22N6O2.C17H23N3O3.C12H15N3O.C10H9N3O2.ClHN4.ClH/c3*1-28-19-15(8-5-11-23-19)22(9-10-22)13-16(21(28)30)24-20(29)18-25-17(26-27-18)12-14-6-3-2-4-7-14;1-16(2,3)23-15(22)19-12-10-17(7-8-17)11-6-5-9-18-13(11)20(4)14(12)21;1-15-10-8(3-2-6-14-10)12(4-5-12)7-9(13)11(15)16;14-10(15)9-11-8(12-13-9)6-7-4-2-1-3-5-7;1-3-5-4-2;/h3*2-8,11,16H,9-10,12-13H2,1H3,(H,24,29)(H,25,26,27);5-6,9,12H,7-8,10H2,1-4H3,(H,19,22);2-3,6,9H,4-5,7,13H2,1H3;1-5H,6H2,(H,14,15)(H,11,12,13);2H;1H/t2*16-;;;;;;/m10....../s1. The van der Waals surface area contributed by atoms with Crippen LogP contribution in [-0.4, -0.2) is 221 Å². The lowest BCUT2D eigenvalue weighted by atomic mass is 9.90. The average molecular weight is 2070 g/mol. The minimum Gasteiger partial charge on any atom is -0.475 e. The van der Waals surface area contributed by atoms with E-state index in [-0.39, 0.29) is 98.4 Å². The quantitative estimate of drug-likeness (QED) is 0.0298. The van der Waals surface area contributed by atoms with E-state index in [1.165, 1.54) is 5.56 Å². The van der Waals surface area contributed by atoms with Gasteiger partial charge in [-0.3, -0.25) is 83.3 Å². The number of carboxylic acids is 1. The second kappa shape index (κ2) is 45.4. The van der Waals surface area contributed by atoms with Gasteiger partial charge in [0.05, 0.1) is 17.8 Å². The summed E-state index contributed by atoms with van der Waals surface area (Å²) in [6.45, 7) is 5.40. The monoisotopic (exact) mass is 2070 g/mol. The Kier molecular flexibility index (Phi) is 32.2. The summed E-state index contributed by atoms with van der Waals surface area (Å²) in [5.74, 6) is 2.65. The predicted octanol–water partition coefficient (Wildman–Crippen LogP) is 12.2. The molecule has 5 aliphatic carbocycles. The summed E-state index contributed by atoms with van der Waals surface area (Å²) in [5, 5.41) is 51.8. The van der Waals surface area contributed by atoms with Crippen LogP contribution in [0.5, 0.6) is 0 Å². The second-order valence-electron chi connectivity index (χ2n) is 39.8. The molecular weight excluding hydrogens is 1960 g/mol. The first-order chi connectivity index (χ1) is 71.7. The highest BCUT2D eigenvalue weighted by Crippen LogP contribution is 2.60. The van der Waals surface area contributed by atoms with Gasteiger partial charge in [0.25, 0.3) is 47.2 Å². The van der Waals surface area contributed by atoms with Crippen molar-refractivity contribution in [2.75, 3.05) is 59.7 Å². The van der Waals surface area contributed by atoms with Crippen molar-refractivity contribution in [3.63, 3.8) is 0 Å². The fraction of sp³-hybridized carbons (Fsp3) is 0.362. The Hall–Kier alpha value is -16.6. The number of anilines is 5. The molecule has 776 valence electrons. The summed E-state index contributed by atoms with van der Waals surface area (Å²) in [7, 11) is 8.59. The van der Waals surface area contributed by atoms with Crippen LogP contribution in [0.15, 0.2) is 228 Å². The van der Waals surface area contributed by atoms with Crippen LogP contribution in [0.25, 0.3) is 0 Å². The van der Waals surface area contributed by atoms with Gasteiger partial charge in [-0.25, -0.2) is 54.4 Å². The van der Waals surface area contributed by atoms with Gasteiger partial charge in [0, 0.05) is 147 Å². The highest BCUT2D eigenvalue weighted by Gasteiger charge is 2.57. The van der Waals surface area contributed by atoms with Crippen molar-refractivity contribution >= 4 is 113 Å². The van der Waals surface area contributed by atoms with Gasteiger partial charge in [0.2, 0.25) is 23.4 Å². The number of ether oxygens (including phenoxy) is 1. The largest absolute Gasteiger partial charge is 0.475 e. The lowest BCUT2D eigenvalue weighted by Gasteiger charge is -2.24. The second-order valence-corrected chi connectivity index (χ2v) is 40.0. The molecule has 14 heterocycles. The molecule has 0 saturated heterocycles. The highest BCUT2D eigenvalue weighted by molar-refractivity contribution is 6.14. The molecule has 3 unspecified atom stereocenters. The maximum Gasteiger partial charge on any atom is 0.408 e. The lowest BCUT2D eigenvalue weighted by Crippen LogP contribution is -2.48. The summed E-state index contributed by atoms with van der Waals surface area (Å²) < 4.78 is 7.89. The zero-order chi connectivity index (χ0) is 105. The Morgan fingerprint density at radius 1 is 0.387 bits per heavy atom. The number of amides is 9. The molecule has 0 radical (unpaired) electrons. The fourth-order valence-corrected chi connectivity index (χ4v) is 19.9. The Morgan fingerprint density at radius 3 is 0.853 bits per heavy atom. The van der Waals surface area contributed by atoms with E-state index in [1.807, 2.05) is 176 Å². The third kappa shape index (κ3) is 24.6. The van der Waals surface area contributed by atoms with E-state index >= 15 is 0 Å². The number of nitrogens with zero attached hydrogens (tertiary/aromatic N) is 21. The van der Waals surface area contributed by atoms with Crippen molar-refractivity contribution in [2.45, 2.75) is 206 Å². The number of fused-ring (bicyclic) bond motifs is 10. The number of hydrogen-bond acceptors (Lipinski definition) is 27. The fourth-order valence-electron chi connectivity index (χ4n) is 19.8. The number of alkyl carbamates (subject to hydrolysis) is 1. The van der Waals surface area contributed by atoms with Gasteiger partial charge in [-0.2, -0.15) is 5.53 Å². The van der Waals surface area contributed by atoms with Gasteiger partial charge in [-0.15, -0.1) is 32.8 Å². The van der Waals surface area contributed by atoms with Crippen molar-refractivity contribution in [3.8, 4) is 0 Å². The van der Waals surface area contributed by atoms with E-state index in [0.717, 1.165) is 121 Å². The van der Waals surface area contributed by atoms with Gasteiger partial charge in [0.1, 0.15) is 82.2 Å². The Morgan fingerprint density at radius 2 is 0.627 bits per heavy atom. The average Bonchev–Trinajstić information content (AvgIpc) is 1.60. The molecule has 5 fully saturated rings. The molecule has 0 bridgehead atoms. The third-order valence-corrected chi connectivity index (χ3v) is 28.3. The first-order valence-electron chi connectivity index (χ1n) is 48.9. The van der Waals surface area contributed by atoms with Crippen molar-refractivity contribution in [1.82, 2.24) is 107 Å². The molecule has 9 amide bonds. The lowest BCUT2D eigenvalue weighted by molar-refractivity contribution is -0.121. The molecule has 10 aliphatic rings. The van der Waals surface area contributed by atoms with E-state index in [9.17, 15) is 47.9 Å². The number of aromatic nitrogens is 17. The Balaban J connectivity index is 0.000000129. The van der Waals surface area contributed by atoms with Gasteiger partial charge in [-0.1, -0.05) is 156 Å². The number of halogens is 2. The van der Waals surface area contributed by atoms with Crippen LogP contribution in [0.3, 0.4) is 0 Å². The number of pyridine rings is 5. The summed E-state index contributed by atoms with van der Waals surface area (Å²) in [4.78, 5) is 171. The molecular formula is C105H115Cl2N31O12. The van der Waals surface area contributed by atoms with Crippen LogP contribution in [-0.2, 0) is 81.5 Å². The van der Waals surface area contributed by atoms with Crippen molar-refractivity contribution in [3.05, 3.63) is 310 Å². The zero-order valence-corrected chi connectivity index (χ0v) is 85.3. The van der Waals surface area contributed by atoms with Gasteiger partial charge < -0.3 is 36.8 Å². The molecule has 150 heavy (non-hydrogen) atoms. The molecule has 5 aliphatic heterocycles. The first-order valence-corrected chi connectivity index (χ1v) is 49.3. The highest BCUT2D eigenvalue weighted by atomic mass is 35.5. The predicted molar refractivity (Wildman–Crippen MR) is 553 cm³/mol. The van der Waals surface area contributed by atoms with Crippen LogP contribution >= 0.6 is 24.2 Å². The van der Waals surface area contributed by atoms with E-state index < -0.39 is 59.6 Å². The SMILES string of the molecule is CN1C(=O)C(N)CC2(CC2)c2cccnc21.CN1C(=O)C(NC(=O)OC(C)(C)C)CC2(CC2)c2cccnc21.CN1C(=O)C(NC(=O)c2n[nH]c(Cc3ccccc3)n2)CC2(CC2)c2cccnc21.CN1C(=O)[C@@H](NC(=O)c2n[nH]c(Cc3ccccc3)n2)CC2(CC2)c2cccnc21.CN1C(=O)[C@H](NC(=O)c2n[nH]c(Cc3ccccc3)n2)CC2(CC2)c2cccnc21.Cl.N=NN=NCl.O=C(O)c1n[nH]c(Cc2ccccc2)n1. The number of H-pyrrole nitrogens is 4. The summed E-state index contributed by atoms with van der Waals surface area (Å²) in [6, 6.07) is 56.0.